The Morgan fingerprint density at radius 1 is 1.03 bits per heavy atom. The lowest BCUT2D eigenvalue weighted by Gasteiger charge is -2.34. The maximum absolute atomic E-state index is 13.5. The molecule has 29 heavy (non-hydrogen) atoms. The predicted octanol–water partition coefficient (Wildman–Crippen LogP) is 4.15. The largest absolute Gasteiger partial charge is 0.349 e. The van der Waals surface area contributed by atoms with Crippen LogP contribution >= 0.6 is 11.5 Å². The Hall–Kier alpha value is -3.06. The van der Waals surface area contributed by atoms with E-state index in [2.05, 4.69) is 14.9 Å². The van der Waals surface area contributed by atoms with E-state index in [0.29, 0.717) is 11.3 Å². The maximum Gasteiger partial charge on any atom is 0.280 e. The van der Waals surface area contributed by atoms with Gasteiger partial charge in [-0.2, -0.15) is 0 Å². The molecule has 3 aromatic rings. The number of hydrogen-bond donors (Lipinski definition) is 1. The number of nitrogens with zero attached hydrogens (tertiary/aromatic N) is 3. The topological polar surface area (TPSA) is 75.2 Å². The van der Waals surface area contributed by atoms with E-state index in [1.54, 1.807) is 5.38 Å². The Labute approximate surface area is 174 Å². The molecule has 0 fully saturated rings. The molecule has 0 saturated carbocycles. The summed E-state index contributed by atoms with van der Waals surface area (Å²) in [5.41, 5.74) is 2.01. The first-order valence-electron chi connectivity index (χ1n) is 9.31. The molecule has 2 amide bonds. The molecule has 1 heterocycles. The number of benzene rings is 2. The maximum atomic E-state index is 13.5. The normalized spacial score (nSPS) is 12.3. The Morgan fingerprint density at radius 2 is 1.69 bits per heavy atom. The third-order valence-corrected chi connectivity index (χ3v) is 4.80. The van der Waals surface area contributed by atoms with Crippen LogP contribution in [0.5, 0.6) is 0 Å². The van der Waals surface area contributed by atoms with Crippen molar-refractivity contribution in [3.05, 3.63) is 76.8 Å². The van der Waals surface area contributed by atoms with Crippen LogP contribution in [0.4, 0.5) is 5.69 Å². The molecule has 0 radical (unpaired) electrons. The van der Waals surface area contributed by atoms with Gasteiger partial charge in [0.1, 0.15) is 6.04 Å². The molecule has 0 saturated heterocycles. The lowest BCUT2D eigenvalue weighted by atomic mass is 9.99. The minimum absolute atomic E-state index is 0.211. The molecule has 150 valence electrons. The molecule has 1 atom stereocenters. The quantitative estimate of drug-likeness (QED) is 0.688. The first-order chi connectivity index (χ1) is 13.8. The van der Waals surface area contributed by atoms with E-state index >= 15 is 0 Å². The van der Waals surface area contributed by atoms with Crippen molar-refractivity contribution in [3.8, 4) is 0 Å². The Bertz CT molecular complexity index is 982. The number of anilines is 1. The zero-order valence-electron chi connectivity index (χ0n) is 16.9. The molecule has 2 aromatic carbocycles. The summed E-state index contributed by atoms with van der Waals surface area (Å²) in [6.45, 7) is 7.66. The van der Waals surface area contributed by atoms with E-state index in [9.17, 15) is 9.59 Å². The fraction of sp³-hybridized carbons (Fsp3) is 0.273. The molecule has 0 aliphatic rings. The van der Waals surface area contributed by atoms with Crippen LogP contribution in [-0.2, 0) is 4.79 Å². The van der Waals surface area contributed by atoms with Crippen molar-refractivity contribution in [1.29, 1.82) is 0 Å². The number of rotatable bonds is 5. The fourth-order valence-corrected chi connectivity index (χ4v) is 3.50. The Balaban J connectivity index is 2.18. The third kappa shape index (κ3) is 4.86. The van der Waals surface area contributed by atoms with Crippen LogP contribution in [0.3, 0.4) is 0 Å². The minimum atomic E-state index is -0.856. The molecular formula is C22H24N4O2S. The monoisotopic (exact) mass is 408 g/mol. The number of carbonyl (C=O) groups is 2. The molecular weight excluding hydrogens is 384 g/mol. The molecule has 7 heteroatoms. The van der Waals surface area contributed by atoms with E-state index < -0.39 is 11.6 Å². The van der Waals surface area contributed by atoms with Gasteiger partial charge < -0.3 is 5.32 Å². The van der Waals surface area contributed by atoms with Crippen LogP contribution in [0.25, 0.3) is 0 Å². The van der Waals surface area contributed by atoms with Gasteiger partial charge in [0.25, 0.3) is 5.91 Å². The van der Waals surface area contributed by atoms with Crippen molar-refractivity contribution in [2.75, 3.05) is 4.90 Å². The molecule has 0 spiro atoms. The molecule has 1 aromatic heterocycles. The van der Waals surface area contributed by atoms with Crippen molar-refractivity contribution in [1.82, 2.24) is 14.9 Å². The zero-order chi connectivity index (χ0) is 21.0. The van der Waals surface area contributed by atoms with Crippen LogP contribution in [0.2, 0.25) is 0 Å². The van der Waals surface area contributed by atoms with Crippen LogP contribution in [0.1, 0.15) is 48.4 Å². The molecule has 0 bridgehead atoms. The first-order valence-corrected chi connectivity index (χ1v) is 10.1. The molecule has 0 aliphatic heterocycles. The lowest BCUT2D eigenvalue weighted by Crippen LogP contribution is -2.49. The molecule has 1 N–H and O–H groups in total. The van der Waals surface area contributed by atoms with E-state index in [-0.39, 0.29) is 17.5 Å². The molecule has 3 rings (SSSR count). The van der Waals surface area contributed by atoms with Crippen LogP contribution < -0.4 is 10.2 Å². The second-order valence-electron chi connectivity index (χ2n) is 7.80. The molecule has 0 unspecified atom stereocenters. The summed E-state index contributed by atoms with van der Waals surface area (Å²) in [5, 5.41) is 8.56. The van der Waals surface area contributed by atoms with Gasteiger partial charge in [0, 0.05) is 16.6 Å². The van der Waals surface area contributed by atoms with Gasteiger partial charge in [0.2, 0.25) is 5.91 Å². The third-order valence-electron chi connectivity index (χ3n) is 4.29. The van der Waals surface area contributed by atoms with E-state index in [1.165, 1.54) is 4.90 Å². The van der Waals surface area contributed by atoms with Crippen LogP contribution in [0, 0.1) is 6.92 Å². The zero-order valence-corrected chi connectivity index (χ0v) is 17.7. The Morgan fingerprint density at radius 3 is 2.28 bits per heavy atom. The summed E-state index contributed by atoms with van der Waals surface area (Å²) >= 11 is 1.10. The van der Waals surface area contributed by atoms with Gasteiger partial charge >= 0.3 is 0 Å². The van der Waals surface area contributed by atoms with Crippen LogP contribution in [0.15, 0.2) is 60.0 Å². The van der Waals surface area contributed by atoms with Gasteiger partial charge in [-0.1, -0.05) is 53.0 Å². The first kappa shape index (κ1) is 20.7. The van der Waals surface area contributed by atoms with E-state index in [1.807, 2.05) is 82.3 Å². The van der Waals surface area contributed by atoms with E-state index in [0.717, 1.165) is 17.1 Å². The van der Waals surface area contributed by atoms with Gasteiger partial charge in [-0.25, -0.2) is 0 Å². The number of carbonyl (C=O) groups excluding carboxylic acids is 2. The number of hydrogen-bond acceptors (Lipinski definition) is 5. The summed E-state index contributed by atoms with van der Waals surface area (Å²) in [6, 6.07) is 16.0. The lowest BCUT2D eigenvalue weighted by molar-refractivity contribution is -0.123. The minimum Gasteiger partial charge on any atom is -0.349 e. The van der Waals surface area contributed by atoms with Crippen molar-refractivity contribution in [2.24, 2.45) is 0 Å². The number of amides is 2. The van der Waals surface area contributed by atoms with Crippen molar-refractivity contribution in [2.45, 2.75) is 39.3 Å². The Kier molecular flexibility index (Phi) is 6.08. The second kappa shape index (κ2) is 8.53. The second-order valence-corrected chi connectivity index (χ2v) is 8.41. The average Bonchev–Trinajstić information content (AvgIpc) is 3.20. The van der Waals surface area contributed by atoms with Crippen LogP contribution in [-0.4, -0.2) is 26.9 Å². The van der Waals surface area contributed by atoms with E-state index in [4.69, 9.17) is 0 Å². The smallest absolute Gasteiger partial charge is 0.280 e. The highest BCUT2D eigenvalue weighted by atomic mass is 32.1. The van der Waals surface area contributed by atoms with Gasteiger partial charge in [-0.15, -0.1) is 5.10 Å². The predicted molar refractivity (Wildman–Crippen MR) is 115 cm³/mol. The van der Waals surface area contributed by atoms with Crippen molar-refractivity contribution < 1.29 is 9.59 Å². The number of nitrogens with one attached hydrogen (secondary N) is 1. The highest BCUT2D eigenvalue weighted by molar-refractivity contribution is 7.03. The summed E-state index contributed by atoms with van der Waals surface area (Å²) in [5.74, 6) is -0.630. The molecule has 0 aliphatic carbocycles. The van der Waals surface area contributed by atoms with Gasteiger partial charge in [0.05, 0.1) is 0 Å². The van der Waals surface area contributed by atoms with Gasteiger partial charge in [0.15, 0.2) is 5.69 Å². The fourth-order valence-electron chi connectivity index (χ4n) is 3.07. The highest BCUT2D eigenvalue weighted by Gasteiger charge is 2.36. The van der Waals surface area contributed by atoms with Crippen molar-refractivity contribution in [3.63, 3.8) is 0 Å². The number of aromatic nitrogens is 2. The number of aryl methyl sites for hydroxylation is 1. The summed E-state index contributed by atoms with van der Waals surface area (Å²) in [4.78, 5) is 28.4. The number of para-hydroxylation sites is 1. The summed E-state index contributed by atoms with van der Waals surface area (Å²) in [7, 11) is 0. The SMILES string of the molecule is Cc1ccccc1N(C(=O)c1csnn1)[C@@H](C(=O)NC(C)(C)C)c1ccccc1. The van der Waals surface area contributed by atoms with Gasteiger partial charge in [-0.05, 0) is 56.4 Å². The van der Waals surface area contributed by atoms with Crippen molar-refractivity contribution >= 4 is 29.0 Å². The summed E-state index contributed by atoms with van der Waals surface area (Å²) in [6.07, 6.45) is 0. The van der Waals surface area contributed by atoms with Gasteiger partial charge in [-0.3, -0.25) is 14.5 Å². The molecule has 6 nitrogen and oxygen atoms in total. The average molecular weight is 409 g/mol. The summed E-state index contributed by atoms with van der Waals surface area (Å²) < 4.78 is 3.82. The standard InChI is InChI=1S/C22H24N4O2S/c1-15-10-8-9-13-18(15)26(21(28)17-14-29-25-24-17)19(16-11-6-5-7-12-16)20(27)23-22(2,3)4/h5-14,19H,1-4H3,(H,23,27)/t19-/m1/s1. The highest BCUT2D eigenvalue weighted by Crippen LogP contribution is 2.32.